The fraction of sp³-hybridized carbons (Fsp3) is 0.444. The van der Waals surface area contributed by atoms with Gasteiger partial charge in [0.1, 0.15) is 11.5 Å². The van der Waals surface area contributed by atoms with Crippen LogP contribution < -0.4 is 18.9 Å². The van der Waals surface area contributed by atoms with Crippen molar-refractivity contribution in [3.05, 3.63) is 58.7 Å². The van der Waals surface area contributed by atoms with Gasteiger partial charge >= 0.3 is 0 Å². The number of fused-ring (bicyclic) bond motifs is 3. The molecule has 0 amide bonds. The lowest BCUT2D eigenvalue weighted by atomic mass is 9.44. The van der Waals surface area contributed by atoms with Crippen LogP contribution in [-0.2, 0) is 22.0 Å². The van der Waals surface area contributed by atoms with Gasteiger partial charge in [-0.15, -0.1) is 0 Å². The lowest BCUT2D eigenvalue weighted by Crippen LogP contribution is -2.68. The minimum Gasteiger partial charge on any atom is -0.496 e. The molecule has 4 bridgehead atoms. The molecule has 1 aliphatic heterocycles. The Hall–Kier alpha value is -2.99. The van der Waals surface area contributed by atoms with Crippen molar-refractivity contribution in [1.29, 1.82) is 0 Å². The number of allylic oxidation sites excluding steroid dienone is 1. The third-order valence-electron chi connectivity index (χ3n) is 8.74. The van der Waals surface area contributed by atoms with Gasteiger partial charge in [-0.1, -0.05) is 12.1 Å². The third-order valence-corrected chi connectivity index (χ3v) is 8.74. The number of carbonyl (C=O) groups is 1. The Labute approximate surface area is 194 Å². The standard InChI is InChI=1S/C27H29NO5/c1-28-13-12-27-22-15(6-7-19(32-4)25(22)33-5)14-20(28)26(27)11-10-16(29)23(27)21-17(30-2)8-9-18(31-3)24(21)26/h6-11,20,23H,12-14H2,1-5H3/t20-,23-,26-,27+/m1/s1. The fourth-order valence-electron chi connectivity index (χ4n) is 7.69. The highest BCUT2D eigenvalue weighted by Crippen LogP contribution is 2.74. The number of carbonyl (C=O) groups excluding carboxylic acids is 1. The number of methoxy groups -OCH3 is 4. The molecular weight excluding hydrogens is 418 g/mol. The van der Waals surface area contributed by atoms with Crippen LogP contribution in [0.2, 0.25) is 0 Å². The van der Waals surface area contributed by atoms with E-state index in [1.165, 1.54) is 5.56 Å². The lowest BCUT2D eigenvalue weighted by molar-refractivity contribution is -0.120. The Morgan fingerprint density at radius 2 is 1.61 bits per heavy atom. The van der Waals surface area contributed by atoms with Gasteiger partial charge in [0.05, 0.1) is 34.4 Å². The second-order valence-corrected chi connectivity index (χ2v) is 9.55. The van der Waals surface area contributed by atoms with Crippen LogP contribution >= 0.6 is 0 Å². The van der Waals surface area contributed by atoms with Crippen LogP contribution in [0.15, 0.2) is 36.4 Å². The van der Waals surface area contributed by atoms with E-state index >= 15 is 0 Å². The minimum atomic E-state index is -0.506. The predicted octanol–water partition coefficient (Wildman–Crippen LogP) is 3.39. The first-order valence-electron chi connectivity index (χ1n) is 11.4. The van der Waals surface area contributed by atoms with Gasteiger partial charge in [-0.2, -0.15) is 0 Å². The van der Waals surface area contributed by atoms with Gasteiger partial charge in [-0.25, -0.2) is 0 Å². The summed E-state index contributed by atoms with van der Waals surface area (Å²) in [6, 6.07) is 8.22. The van der Waals surface area contributed by atoms with Crippen molar-refractivity contribution in [3.63, 3.8) is 0 Å². The van der Waals surface area contributed by atoms with Crippen LogP contribution in [0.1, 0.15) is 34.6 Å². The Bertz CT molecular complexity index is 1220. The maximum absolute atomic E-state index is 13.8. The van der Waals surface area contributed by atoms with Crippen molar-refractivity contribution in [2.24, 2.45) is 0 Å². The van der Waals surface area contributed by atoms with Gasteiger partial charge in [-0.05, 0) is 56.3 Å². The van der Waals surface area contributed by atoms with Gasteiger partial charge in [0.25, 0.3) is 0 Å². The highest BCUT2D eigenvalue weighted by Gasteiger charge is 2.74. The first-order valence-corrected chi connectivity index (χ1v) is 11.4. The molecule has 0 N–H and O–H groups in total. The van der Waals surface area contributed by atoms with Crippen molar-refractivity contribution < 1.29 is 23.7 Å². The molecule has 2 aromatic rings. The summed E-state index contributed by atoms with van der Waals surface area (Å²) in [6.07, 6.45) is 5.63. The Balaban J connectivity index is 1.82. The first-order chi connectivity index (χ1) is 16.0. The zero-order valence-corrected chi connectivity index (χ0v) is 19.7. The van der Waals surface area contributed by atoms with Crippen LogP contribution in [-0.4, -0.2) is 58.8 Å². The molecule has 0 radical (unpaired) electrons. The number of nitrogens with zero attached hydrogens (tertiary/aromatic N) is 1. The van der Waals surface area contributed by atoms with Crippen LogP contribution in [0, 0.1) is 0 Å². The first kappa shape index (κ1) is 20.6. The van der Waals surface area contributed by atoms with Gasteiger partial charge in [0, 0.05) is 33.6 Å². The van der Waals surface area contributed by atoms with Crippen LogP contribution in [0.3, 0.4) is 0 Å². The van der Waals surface area contributed by atoms with E-state index < -0.39 is 10.8 Å². The number of ether oxygens (including phenoxy) is 4. The maximum Gasteiger partial charge on any atom is 0.164 e. The molecule has 0 saturated carbocycles. The average Bonchev–Trinajstić information content (AvgIpc) is 3.05. The molecule has 6 heteroatoms. The Morgan fingerprint density at radius 1 is 0.909 bits per heavy atom. The Morgan fingerprint density at radius 3 is 2.30 bits per heavy atom. The van der Waals surface area contributed by atoms with E-state index in [1.54, 1.807) is 34.5 Å². The minimum absolute atomic E-state index is 0.108. The average molecular weight is 448 g/mol. The monoisotopic (exact) mass is 447 g/mol. The van der Waals surface area contributed by atoms with Crippen LogP contribution in [0.25, 0.3) is 0 Å². The Kier molecular flexibility index (Phi) is 4.22. The van der Waals surface area contributed by atoms with Gasteiger partial charge in [0.15, 0.2) is 17.3 Å². The van der Waals surface area contributed by atoms with Crippen molar-refractivity contribution >= 4 is 5.78 Å². The molecular formula is C27H29NO5. The van der Waals surface area contributed by atoms with Crippen LogP contribution in [0.4, 0.5) is 0 Å². The zero-order chi connectivity index (χ0) is 23.1. The number of rotatable bonds is 4. The van der Waals surface area contributed by atoms with E-state index in [9.17, 15) is 4.79 Å². The smallest absolute Gasteiger partial charge is 0.164 e. The van der Waals surface area contributed by atoms with Crippen LogP contribution in [0.5, 0.6) is 23.0 Å². The highest BCUT2D eigenvalue weighted by molar-refractivity contribution is 6.03. The number of hydrogen-bond acceptors (Lipinski definition) is 6. The zero-order valence-electron chi connectivity index (χ0n) is 19.7. The largest absolute Gasteiger partial charge is 0.496 e. The van der Waals surface area contributed by atoms with Gasteiger partial charge in [-0.3, -0.25) is 4.79 Å². The molecule has 33 heavy (non-hydrogen) atoms. The molecule has 6 rings (SSSR count). The van der Waals surface area contributed by atoms with Crippen molar-refractivity contribution in [2.45, 2.75) is 35.6 Å². The van der Waals surface area contributed by atoms with Crippen molar-refractivity contribution in [2.75, 3.05) is 42.0 Å². The lowest BCUT2D eigenvalue weighted by Gasteiger charge is -2.62. The molecule has 0 spiro atoms. The van der Waals surface area contributed by atoms with E-state index in [2.05, 4.69) is 24.1 Å². The SMILES string of the molecule is COc1ccc2c(c1OC)[C@]13CCN(C)[C@H](C2)[C@@]12C=CC(=O)[C@@H]3c1c(OC)ccc(OC)c12. The van der Waals surface area contributed by atoms with E-state index in [-0.39, 0.29) is 17.7 Å². The summed E-state index contributed by atoms with van der Waals surface area (Å²) in [5, 5.41) is 0. The molecule has 172 valence electrons. The van der Waals surface area contributed by atoms with E-state index in [0.717, 1.165) is 53.3 Å². The molecule has 0 unspecified atom stereocenters. The molecule has 2 aromatic carbocycles. The van der Waals surface area contributed by atoms with E-state index in [4.69, 9.17) is 18.9 Å². The molecule has 1 fully saturated rings. The molecule has 1 saturated heterocycles. The number of likely N-dealkylation sites (tertiary alicyclic amines) is 1. The summed E-state index contributed by atoms with van der Waals surface area (Å²) >= 11 is 0. The fourth-order valence-corrected chi connectivity index (χ4v) is 7.69. The second-order valence-electron chi connectivity index (χ2n) is 9.55. The number of ketones is 1. The molecule has 6 nitrogen and oxygen atoms in total. The second kappa shape index (κ2) is 6.76. The number of likely N-dealkylation sites (N-methyl/N-ethyl adjacent to an activating group) is 1. The summed E-state index contributed by atoms with van der Waals surface area (Å²) < 4.78 is 23.6. The van der Waals surface area contributed by atoms with E-state index in [0.29, 0.717) is 5.75 Å². The summed E-state index contributed by atoms with van der Waals surface area (Å²) in [6.45, 7) is 0.891. The molecule has 0 aromatic heterocycles. The molecule has 1 heterocycles. The summed E-state index contributed by atoms with van der Waals surface area (Å²) in [7, 11) is 8.94. The summed E-state index contributed by atoms with van der Waals surface area (Å²) in [5.74, 6) is 2.72. The normalized spacial score (nSPS) is 30.9. The van der Waals surface area contributed by atoms with Gasteiger partial charge < -0.3 is 23.8 Å². The maximum atomic E-state index is 13.8. The summed E-state index contributed by atoms with van der Waals surface area (Å²) in [4.78, 5) is 16.3. The topological polar surface area (TPSA) is 57.2 Å². The third kappa shape index (κ3) is 2.12. The summed E-state index contributed by atoms with van der Waals surface area (Å²) in [5.41, 5.74) is 3.43. The predicted molar refractivity (Wildman–Crippen MR) is 124 cm³/mol. The van der Waals surface area contributed by atoms with E-state index in [1.807, 2.05) is 18.2 Å². The number of piperidine rings is 1. The molecule has 4 atom stereocenters. The van der Waals surface area contributed by atoms with Gasteiger partial charge in [0.2, 0.25) is 0 Å². The quantitative estimate of drug-likeness (QED) is 0.716. The van der Waals surface area contributed by atoms with Crippen molar-refractivity contribution in [1.82, 2.24) is 4.90 Å². The molecule has 4 aliphatic rings. The highest BCUT2D eigenvalue weighted by atomic mass is 16.5. The van der Waals surface area contributed by atoms with Crippen molar-refractivity contribution in [3.8, 4) is 23.0 Å². The molecule has 3 aliphatic carbocycles. The number of hydrogen-bond donors (Lipinski definition) is 0. The number of benzene rings is 2.